The number of aromatic nitrogens is 1. The van der Waals surface area contributed by atoms with E-state index >= 15 is 0 Å². The van der Waals surface area contributed by atoms with Gasteiger partial charge in [0, 0.05) is 10.9 Å². The molecule has 1 atom stereocenters. The summed E-state index contributed by atoms with van der Waals surface area (Å²) in [6, 6.07) is 5.70. The molecular weight excluding hydrogens is 294 g/mol. The van der Waals surface area contributed by atoms with Crippen LogP contribution >= 0.6 is 23.7 Å². The summed E-state index contributed by atoms with van der Waals surface area (Å²) in [5.74, 6) is -0.221. The highest BCUT2D eigenvalue weighted by molar-refractivity contribution is 7.14. The Morgan fingerprint density at radius 3 is 2.70 bits per heavy atom. The quantitative estimate of drug-likeness (QED) is 0.915. The maximum atomic E-state index is 11.5. The summed E-state index contributed by atoms with van der Waals surface area (Å²) in [5, 5.41) is 5.23. The molecule has 1 amide bonds. The van der Waals surface area contributed by atoms with Crippen LogP contribution in [0.5, 0.6) is 0 Å². The number of amides is 1. The Kier molecular flexibility index (Phi) is 5.68. The molecule has 0 aliphatic rings. The van der Waals surface area contributed by atoms with Gasteiger partial charge in [0.1, 0.15) is 0 Å². The number of nitrogens with zero attached hydrogens (tertiary/aromatic N) is 1. The van der Waals surface area contributed by atoms with Gasteiger partial charge in [-0.2, -0.15) is 0 Å². The van der Waals surface area contributed by atoms with Crippen LogP contribution in [0.4, 0.5) is 5.13 Å². The number of carbonyl (C=O) groups is 1. The van der Waals surface area contributed by atoms with E-state index < -0.39 is 6.04 Å². The van der Waals surface area contributed by atoms with Crippen molar-refractivity contribution in [3.63, 3.8) is 0 Å². The third-order valence-corrected chi connectivity index (χ3v) is 3.56. The van der Waals surface area contributed by atoms with Crippen molar-refractivity contribution in [2.24, 2.45) is 5.73 Å². The largest absolute Gasteiger partial charge is 0.320 e. The molecule has 0 spiro atoms. The van der Waals surface area contributed by atoms with Crippen molar-refractivity contribution >= 4 is 34.8 Å². The lowest BCUT2D eigenvalue weighted by molar-refractivity contribution is -0.117. The Morgan fingerprint density at radius 2 is 2.10 bits per heavy atom. The Morgan fingerprint density at radius 1 is 1.40 bits per heavy atom. The molecule has 2 rings (SSSR count). The molecule has 1 aromatic carbocycles. The second-order valence-corrected chi connectivity index (χ2v) is 5.49. The molecule has 0 saturated heterocycles. The minimum Gasteiger partial charge on any atom is -0.320 e. The molecule has 2 aromatic rings. The number of nitrogens with one attached hydrogen (secondary N) is 1. The Bertz CT molecular complexity index is 610. The molecule has 1 aromatic heterocycles. The molecular formula is C14H18ClN3OS. The Labute approximate surface area is 128 Å². The number of halogens is 1. The van der Waals surface area contributed by atoms with Gasteiger partial charge in [-0.25, -0.2) is 4.98 Å². The van der Waals surface area contributed by atoms with E-state index in [0.717, 1.165) is 11.3 Å². The van der Waals surface area contributed by atoms with Crippen LogP contribution in [0.2, 0.25) is 0 Å². The molecule has 0 aliphatic carbocycles. The van der Waals surface area contributed by atoms with Gasteiger partial charge in [0.2, 0.25) is 5.91 Å². The van der Waals surface area contributed by atoms with Crippen LogP contribution < -0.4 is 11.1 Å². The average Bonchev–Trinajstić information content (AvgIpc) is 2.77. The van der Waals surface area contributed by atoms with Crippen LogP contribution in [0, 0.1) is 13.8 Å². The van der Waals surface area contributed by atoms with Crippen LogP contribution in [-0.4, -0.2) is 16.9 Å². The zero-order valence-electron chi connectivity index (χ0n) is 11.6. The van der Waals surface area contributed by atoms with E-state index in [2.05, 4.69) is 42.3 Å². The Balaban J connectivity index is 0.00000200. The smallest absolute Gasteiger partial charge is 0.242 e. The highest BCUT2D eigenvalue weighted by Crippen LogP contribution is 2.27. The SMILES string of the molecule is Cc1ccc(-c2csc(NC(=O)[C@@H](C)N)n2)c(C)c1.Cl. The van der Waals surface area contributed by atoms with Gasteiger partial charge in [0.25, 0.3) is 0 Å². The fourth-order valence-corrected chi connectivity index (χ4v) is 2.49. The molecule has 0 bridgehead atoms. The first kappa shape index (κ1) is 16.6. The lowest BCUT2D eigenvalue weighted by Crippen LogP contribution is -2.32. The van der Waals surface area contributed by atoms with Crippen molar-refractivity contribution in [1.29, 1.82) is 0 Å². The van der Waals surface area contributed by atoms with Crippen molar-refractivity contribution in [3.8, 4) is 11.3 Å². The normalized spacial score (nSPS) is 11.6. The first-order valence-corrected chi connectivity index (χ1v) is 6.95. The molecule has 1 heterocycles. The molecule has 0 fully saturated rings. The van der Waals surface area contributed by atoms with E-state index in [1.807, 2.05) is 5.38 Å². The third kappa shape index (κ3) is 3.79. The number of aryl methyl sites for hydroxylation is 2. The third-order valence-electron chi connectivity index (χ3n) is 2.81. The first-order chi connectivity index (χ1) is 8.97. The van der Waals surface area contributed by atoms with Gasteiger partial charge in [0.05, 0.1) is 11.7 Å². The van der Waals surface area contributed by atoms with Crippen molar-refractivity contribution in [3.05, 3.63) is 34.7 Å². The molecule has 0 saturated carbocycles. The lowest BCUT2D eigenvalue weighted by Gasteiger charge is -2.05. The van der Waals surface area contributed by atoms with Crippen LogP contribution in [-0.2, 0) is 4.79 Å². The number of rotatable bonds is 3. The van der Waals surface area contributed by atoms with Gasteiger partial charge in [-0.05, 0) is 26.3 Å². The number of thiazole rings is 1. The summed E-state index contributed by atoms with van der Waals surface area (Å²) in [4.78, 5) is 15.9. The van der Waals surface area contributed by atoms with Gasteiger partial charge in [0.15, 0.2) is 5.13 Å². The molecule has 6 heteroatoms. The highest BCUT2D eigenvalue weighted by Gasteiger charge is 2.11. The summed E-state index contributed by atoms with van der Waals surface area (Å²) in [5.41, 5.74) is 9.87. The Hall–Kier alpha value is -1.43. The van der Waals surface area contributed by atoms with Gasteiger partial charge in [-0.3, -0.25) is 4.79 Å². The number of benzene rings is 1. The minimum atomic E-state index is -0.534. The van der Waals surface area contributed by atoms with Gasteiger partial charge in [-0.15, -0.1) is 23.7 Å². The van der Waals surface area contributed by atoms with Crippen molar-refractivity contribution in [2.45, 2.75) is 26.8 Å². The summed E-state index contributed by atoms with van der Waals surface area (Å²) < 4.78 is 0. The summed E-state index contributed by atoms with van der Waals surface area (Å²) >= 11 is 1.40. The van der Waals surface area contributed by atoms with E-state index in [-0.39, 0.29) is 18.3 Å². The molecule has 4 nitrogen and oxygen atoms in total. The number of carbonyl (C=O) groups excluding carboxylic acids is 1. The van der Waals surface area contributed by atoms with E-state index in [1.54, 1.807) is 6.92 Å². The van der Waals surface area contributed by atoms with Gasteiger partial charge in [-0.1, -0.05) is 23.8 Å². The molecule has 0 unspecified atom stereocenters. The molecule has 20 heavy (non-hydrogen) atoms. The average molecular weight is 312 g/mol. The van der Waals surface area contributed by atoms with Crippen LogP contribution in [0.1, 0.15) is 18.1 Å². The van der Waals surface area contributed by atoms with E-state index in [9.17, 15) is 4.79 Å². The number of anilines is 1. The second kappa shape index (κ2) is 6.83. The van der Waals surface area contributed by atoms with Gasteiger partial charge >= 0.3 is 0 Å². The van der Waals surface area contributed by atoms with Crippen molar-refractivity contribution in [1.82, 2.24) is 4.98 Å². The molecule has 0 aliphatic heterocycles. The zero-order chi connectivity index (χ0) is 14.0. The highest BCUT2D eigenvalue weighted by atomic mass is 35.5. The summed E-state index contributed by atoms with van der Waals surface area (Å²) in [6.45, 7) is 5.77. The van der Waals surface area contributed by atoms with Crippen LogP contribution in [0.3, 0.4) is 0 Å². The fraction of sp³-hybridized carbons (Fsp3) is 0.286. The van der Waals surface area contributed by atoms with E-state index in [0.29, 0.717) is 5.13 Å². The number of nitrogens with two attached hydrogens (primary N) is 1. The zero-order valence-corrected chi connectivity index (χ0v) is 13.3. The topological polar surface area (TPSA) is 68.0 Å². The number of hydrogen-bond donors (Lipinski definition) is 2. The molecule has 108 valence electrons. The monoisotopic (exact) mass is 311 g/mol. The minimum absolute atomic E-state index is 0. The van der Waals surface area contributed by atoms with E-state index in [4.69, 9.17) is 5.73 Å². The van der Waals surface area contributed by atoms with Crippen molar-refractivity contribution in [2.75, 3.05) is 5.32 Å². The summed E-state index contributed by atoms with van der Waals surface area (Å²) in [6.07, 6.45) is 0. The lowest BCUT2D eigenvalue weighted by atomic mass is 10.0. The molecule has 0 radical (unpaired) electrons. The standard InChI is InChI=1S/C14H17N3OS.ClH/c1-8-4-5-11(9(2)6-8)12-7-19-14(16-12)17-13(18)10(3)15;/h4-7,10H,15H2,1-3H3,(H,16,17,18);1H/t10-;/m1./s1. The predicted molar refractivity (Wildman–Crippen MR) is 86.6 cm³/mol. The maximum Gasteiger partial charge on any atom is 0.242 e. The fourth-order valence-electron chi connectivity index (χ4n) is 1.78. The first-order valence-electron chi connectivity index (χ1n) is 6.07. The van der Waals surface area contributed by atoms with Crippen molar-refractivity contribution < 1.29 is 4.79 Å². The van der Waals surface area contributed by atoms with Crippen LogP contribution in [0.25, 0.3) is 11.3 Å². The molecule has 3 N–H and O–H groups in total. The predicted octanol–water partition coefficient (Wildman–Crippen LogP) is 3.13. The second-order valence-electron chi connectivity index (χ2n) is 4.63. The summed E-state index contributed by atoms with van der Waals surface area (Å²) in [7, 11) is 0. The van der Waals surface area contributed by atoms with Gasteiger partial charge < -0.3 is 11.1 Å². The number of hydrogen-bond acceptors (Lipinski definition) is 4. The van der Waals surface area contributed by atoms with Crippen LogP contribution in [0.15, 0.2) is 23.6 Å². The maximum absolute atomic E-state index is 11.5. The van der Waals surface area contributed by atoms with E-state index in [1.165, 1.54) is 22.5 Å².